The number of carbonyl (C=O) groups excluding carboxylic acids is 2. The molecule has 4 rings (SSSR count). The molecule has 0 radical (unpaired) electrons. The molecule has 0 bridgehead atoms. The minimum atomic E-state index is -5.02. The van der Waals surface area contributed by atoms with E-state index < -0.39 is 53.6 Å². The highest BCUT2D eigenvalue weighted by atomic mass is 19.4. The number of fused-ring (bicyclic) bond motifs is 1. The van der Waals surface area contributed by atoms with E-state index in [1.807, 2.05) is 0 Å². The number of aromatic nitrogens is 2. The van der Waals surface area contributed by atoms with Crippen LogP contribution in [0.2, 0.25) is 0 Å². The molecule has 30 heavy (non-hydrogen) atoms. The molecule has 0 amide bonds. The fraction of sp³-hybridized carbons (Fsp3) is 0.450. The average molecular weight is 428 g/mol. The number of Topliss-reactive ketones (excluding diaryl/α,β-unsaturated/α-hetero) is 1. The van der Waals surface area contributed by atoms with Gasteiger partial charge in [-0.15, -0.1) is 0 Å². The highest BCUT2D eigenvalue weighted by molar-refractivity contribution is 5.89. The highest BCUT2D eigenvalue weighted by Crippen LogP contribution is 2.51. The first-order chi connectivity index (χ1) is 14.2. The van der Waals surface area contributed by atoms with Gasteiger partial charge >= 0.3 is 12.1 Å². The molecular formula is C20H17F5N2O3. The molecule has 0 N–H and O–H groups in total. The van der Waals surface area contributed by atoms with Gasteiger partial charge in [0, 0.05) is 12.8 Å². The quantitative estimate of drug-likeness (QED) is 0.518. The van der Waals surface area contributed by atoms with Crippen molar-refractivity contribution in [3.8, 4) is 0 Å². The fourth-order valence-electron chi connectivity index (χ4n) is 4.06. The number of nitrogens with zero attached hydrogens (tertiary/aromatic N) is 2. The third-order valence-corrected chi connectivity index (χ3v) is 5.41. The number of rotatable bonds is 3. The molecule has 1 unspecified atom stereocenters. The Morgan fingerprint density at radius 3 is 2.50 bits per heavy atom. The summed E-state index contributed by atoms with van der Waals surface area (Å²) >= 11 is 0. The Morgan fingerprint density at radius 2 is 1.87 bits per heavy atom. The van der Waals surface area contributed by atoms with Crippen molar-refractivity contribution >= 4 is 11.8 Å². The number of alkyl halides is 5. The Morgan fingerprint density at radius 1 is 1.17 bits per heavy atom. The molecule has 4 atom stereocenters. The van der Waals surface area contributed by atoms with Crippen LogP contribution in [0, 0.1) is 0 Å². The summed E-state index contributed by atoms with van der Waals surface area (Å²) in [5.74, 6) is -1.25. The molecular weight excluding hydrogens is 411 g/mol. The largest absolute Gasteiger partial charge is 0.450 e. The van der Waals surface area contributed by atoms with Gasteiger partial charge in [0.2, 0.25) is 0 Å². The van der Waals surface area contributed by atoms with Crippen molar-refractivity contribution in [3.05, 3.63) is 52.8 Å². The molecule has 1 aromatic carbocycles. The second-order valence-electron chi connectivity index (χ2n) is 7.42. The lowest BCUT2D eigenvalue weighted by Gasteiger charge is -2.23. The first kappa shape index (κ1) is 20.5. The van der Waals surface area contributed by atoms with Gasteiger partial charge in [-0.3, -0.25) is 9.48 Å². The van der Waals surface area contributed by atoms with E-state index in [4.69, 9.17) is 4.74 Å². The summed E-state index contributed by atoms with van der Waals surface area (Å²) in [5.41, 5.74) is -2.93. The second kappa shape index (κ2) is 7.48. The Balaban J connectivity index is 1.77. The minimum Gasteiger partial charge on any atom is -0.450 e. The van der Waals surface area contributed by atoms with E-state index in [0.29, 0.717) is 12.8 Å². The van der Waals surface area contributed by atoms with Gasteiger partial charge in [-0.25, -0.2) is 13.6 Å². The van der Waals surface area contributed by atoms with Crippen molar-refractivity contribution in [1.29, 1.82) is 0 Å². The van der Waals surface area contributed by atoms with Gasteiger partial charge in [-0.1, -0.05) is 18.2 Å². The third kappa shape index (κ3) is 3.48. The van der Waals surface area contributed by atoms with Crippen LogP contribution in [0.25, 0.3) is 0 Å². The topological polar surface area (TPSA) is 61.2 Å². The van der Waals surface area contributed by atoms with Gasteiger partial charge < -0.3 is 4.74 Å². The number of esters is 1. The molecule has 5 nitrogen and oxygen atoms in total. The Bertz CT molecular complexity index is 973. The van der Waals surface area contributed by atoms with Crippen LogP contribution in [-0.4, -0.2) is 27.7 Å². The molecule has 1 saturated carbocycles. The Kier molecular flexibility index (Phi) is 5.11. The van der Waals surface area contributed by atoms with Crippen molar-refractivity contribution in [2.24, 2.45) is 0 Å². The molecule has 1 aromatic heterocycles. The van der Waals surface area contributed by atoms with Gasteiger partial charge in [0.05, 0.1) is 22.9 Å². The molecule has 2 aliphatic carbocycles. The van der Waals surface area contributed by atoms with Crippen LogP contribution < -0.4 is 0 Å². The Hall–Kier alpha value is -2.78. The predicted octanol–water partition coefficient (Wildman–Crippen LogP) is 4.85. The van der Waals surface area contributed by atoms with Crippen LogP contribution in [0.1, 0.15) is 71.3 Å². The number of ether oxygens (including phenoxy) is 1. The summed E-state index contributed by atoms with van der Waals surface area (Å²) in [6, 6.07) is 6.50. The maximum Gasteiger partial charge on any atom is 0.435 e. The second-order valence-corrected chi connectivity index (χ2v) is 7.42. The van der Waals surface area contributed by atoms with Crippen molar-refractivity contribution in [2.45, 2.75) is 56.3 Å². The van der Waals surface area contributed by atoms with Crippen molar-refractivity contribution in [1.82, 2.24) is 9.78 Å². The van der Waals surface area contributed by atoms with Crippen LogP contribution >= 0.6 is 0 Å². The van der Waals surface area contributed by atoms with Crippen LogP contribution in [0.5, 0.6) is 0 Å². The van der Waals surface area contributed by atoms with Crippen LogP contribution in [0.15, 0.2) is 30.3 Å². The number of hydrogen-bond donors (Lipinski definition) is 0. The summed E-state index contributed by atoms with van der Waals surface area (Å²) in [4.78, 5) is 24.1. The molecule has 0 spiro atoms. The van der Waals surface area contributed by atoms with Crippen LogP contribution in [0.3, 0.4) is 0 Å². The van der Waals surface area contributed by atoms with Gasteiger partial charge in [0.15, 0.2) is 24.1 Å². The number of hydrogen-bond acceptors (Lipinski definition) is 4. The molecule has 2 aromatic rings. The maximum absolute atomic E-state index is 14.8. The lowest BCUT2D eigenvalue weighted by atomic mass is 9.94. The van der Waals surface area contributed by atoms with Gasteiger partial charge in [0.25, 0.3) is 0 Å². The number of benzene rings is 1. The maximum atomic E-state index is 14.8. The highest BCUT2D eigenvalue weighted by Gasteiger charge is 2.54. The van der Waals surface area contributed by atoms with Gasteiger partial charge in [-0.05, 0) is 25.0 Å². The van der Waals surface area contributed by atoms with E-state index in [9.17, 15) is 31.5 Å². The van der Waals surface area contributed by atoms with Crippen LogP contribution in [0.4, 0.5) is 22.0 Å². The SMILES string of the molecule is O=C1CCCC(n2nc(C(F)(F)F)c3c2[C@@H](F)[C@@H](F)[C@H]3OC(=O)c2ccccc2)C1. The van der Waals surface area contributed by atoms with Gasteiger partial charge in [0.1, 0.15) is 5.78 Å². The molecule has 0 aliphatic heterocycles. The van der Waals surface area contributed by atoms with Crippen molar-refractivity contribution in [3.63, 3.8) is 0 Å². The fourth-order valence-corrected chi connectivity index (χ4v) is 4.06. The normalized spacial score (nSPS) is 26.5. The number of ketones is 1. The smallest absolute Gasteiger partial charge is 0.435 e. The number of halogens is 5. The zero-order valence-electron chi connectivity index (χ0n) is 15.5. The summed E-state index contributed by atoms with van der Waals surface area (Å²) in [6.45, 7) is 0. The van der Waals surface area contributed by atoms with E-state index in [1.165, 1.54) is 24.3 Å². The molecule has 1 heterocycles. The third-order valence-electron chi connectivity index (χ3n) is 5.41. The predicted molar refractivity (Wildman–Crippen MR) is 93.1 cm³/mol. The van der Waals surface area contributed by atoms with Crippen molar-refractivity contribution in [2.75, 3.05) is 0 Å². The van der Waals surface area contributed by atoms with Gasteiger partial charge in [-0.2, -0.15) is 18.3 Å². The zero-order chi connectivity index (χ0) is 21.6. The lowest BCUT2D eigenvalue weighted by molar-refractivity contribution is -0.143. The average Bonchev–Trinajstić information content (AvgIpc) is 3.21. The molecule has 0 saturated heterocycles. The first-order valence-electron chi connectivity index (χ1n) is 9.44. The van der Waals surface area contributed by atoms with E-state index in [1.54, 1.807) is 6.07 Å². The summed E-state index contributed by atoms with van der Waals surface area (Å²) in [7, 11) is 0. The number of carbonyl (C=O) groups is 2. The van der Waals surface area contributed by atoms with E-state index >= 15 is 0 Å². The summed E-state index contributed by atoms with van der Waals surface area (Å²) < 4.78 is 76.3. The summed E-state index contributed by atoms with van der Waals surface area (Å²) in [5, 5.41) is 3.52. The molecule has 10 heteroatoms. The lowest BCUT2D eigenvalue weighted by Crippen LogP contribution is -2.24. The minimum absolute atomic E-state index is 0.00705. The standard InChI is InChI=1S/C20H17F5N2O3/c21-14-15(22)17(30-19(29)10-5-2-1-3-6-10)13-16(14)27(26-18(13)20(23,24)25)11-7-4-8-12(28)9-11/h1-3,5-6,11,14-15,17H,4,7-9H2/t11?,14-,15+,17-/m0/s1. The van der Waals surface area contributed by atoms with E-state index in [0.717, 1.165) is 4.68 Å². The zero-order valence-corrected chi connectivity index (χ0v) is 15.5. The molecule has 160 valence electrons. The summed E-state index contributed by atoms with van der Waals surface area (Å²) in [6.07, 6.45) is -11.2. The Labute approximate surface area is 167 Å². The molecule has 1 fully saturated rings. The van der Waals surface area contributed by atoms with Crippen LogP contribution in [-0.2, 0) is 15.7 Å². The first-order valence-corrected chi connectivity index (χ1v) is 9.44. The van der Waals surface area contributed by atoms with E-state index in [-0.39, 0.29) is 24.2 Å². The van der Waals surface area contributed by atoms with E-state index in [2.05, 4.69) is 5.10 Å². The van der Waals surface area contributed by atoms with Crippen molar-refractivity contribution < 1.29 is 36.3 Å². The molecule has 2 aliphatic rings. The monoisotopic (exact) mass is 428 g/mol.